The number of Topliss-reactive ketones (excluding diaryl/α,β-unsaturated/α-hetero) is 1. The average Bonchev–Trinajstić information content (AvgIpc) is 2.90. The minimum absolute atomic E-state index is 0.00278. The Kier molecular flexibility index (Phi) is 2.04. The molecule has 2 aromatic carbocycles. The second-order valence-electron chi connectivity index (χ2n) is 5.43. The number of hydrogen-bond acceptors (Lipinski definition) is 2. The molecular weight excluding hydrogens is 250 g/mol. The maximum Gasteiger partial charge on any atom is 0.242 e. The second-order valence-corrected chi connectivity index (χ2v) is 5.43. The third-order valence-electron chi connectivity index (χ3n) is 4.51. The summed E-state index contributed by atoms with van der Waals surface area (Å²) in [6.07, 6.45) is 0.243. The number of para-hydroxylation sites is 1. The first-order chi connectivity index (χ1) is 9.66. The molecule has 1 atom stereocenters. The number of benzene rings is 2. The van der Waals surface area contributed by atoms with Crippen LogP contribution in [0.15, 0.2) is 48.5 Å². The van der Waals surface area contributed by atoms with E-state index in [-0.39, 0.29) is 18.1 Å². The van der Waals surface area contributed by atoms with Crippen LogP contribution in [0.4, 0.5) is 5.69 Å². The van der Waals surface area contributed by atoms with Crippen molar-refractivity contribution in [3.05, 3.63) is 65.2 Å². The molecule has 3 heteroatoms. The fourth-order valence-electron chi connectivity index (χ4n) is 3.60. The number of amides is 1. The van der Waals surface area contributed by atoms with Crippen LogP contribution in [0.5, 0.6) is 0 Å². The zero-order chi connectivity index (χ0) is 13.9. The molecule has 0 N–H and O–H groups in total. The van der Waals surface area contributed by atoms with Gasteiger partial charge in [-0.2, -0.15) is 0 Å². The lowest BCUT2D eigenvalue weighted by atomic mass is 9.76. The van der Waals surface area contributed by atoms with Gasteiger partial charge in [0, 0.05) is 24.7 Å². The molecule has 20 heavy (non-hydrogen) atoms. The summed E-state index contributed by atoms with van der Waals surface area (Å²) in [6, 6.07) is 15.2. The van der Waals surface area contributed by atoms with Gasteiger partial charge >= 0.3 is 0 Å². The lowest BCUT2D eigenvalue weighted by Crippen LogP contribution is -2.38. The van der Waals surface area contributed by atoms with Gasteiger partial charge in [-0.25, -0.2) is 0 Å². The van der Waals surface area contributed by atoms with Gasteiger partial charge in [0.15, 0.2) is 5.78 Å². The third-order valence-corrected chi connectivity index (χ3v) is 4.51. The molecule has 0 fully saturated rings. The highest BCUT2D eigenvalue weighted by Crippen LogP contribution is 2.52. The fraction of sp³-hybridized carbons (Fsp3) is 0.176. The Labute approximate surface area is 116 Å². The van der Waals surface area contributed by atoms with Crippen molar-refractivity contribution in [1.29, 1.82) is 0 Å². The number of likely N-dealkylation sites (N-methyl/N-ethyl adjacent to an activating group) is 1. The second kappa shape index (κ2) is 3.57. The Morgan fingerprint density at radius 2 is 1.60 bits per heavy atom. The van der Waals surface area contributed by atoms with Gasteiger partial charge in [-0.1, -0.05) is 42.5 Å². The number of hydrogen-bond donors (Lipinski definition) is 0. The highest BCUT2D eigenvalue weighted by Gasteiger charge is 2.56. The molecule has 0 radical (unpaired) electrons. The monoisotopic (exact) mass is 263 g/mol. The number of rotatable bonds is 0. The normalized spacial score (nSPS) is 23.4. The molecule has 2 aromatic rings. The van der Waals surface area contributed by atoms with Gasteiger partial charge in [0.05, 0.1) is 0 Å². The van der Waals surface area contributed by atoms with Crippen LogP contribution >= 0.6 is 0 Å². The van der Waals surface area contributed by atoms with Crippen molar-refractivity contribution in [2.45, 2.75) is 11.8 Å². The van der Waals surface area contributed by atoms with E-state index in [9.17, 15) is 9.59 Å². The zero-order valence-corrected chi connectivity index (χ0v) is 11.1. The zero-order valence-electron chi connectivity index (χ0n) is 11.1. The predicted molar refractivity (Wildman–Crippen MR) is 76.0 cm³/mol. The van der Waals surface area contributed by atoms with E-state index >= 15 is 0 Å². The van der Waals surface area contributed by atoms with E-state index in [1.807, 2.05) is 48.5 Å². The maximum absolute atomic E-state index is 12.9. The Morgan fingerprint density at radius 1 is 0.950 bits per heavy atom. The van der Waals surface area contributed by atoms with E-state index < -0.39 is 5.41 Å². The fourth-order valence-corrected chi connectivity index (χ4v) is 3.60. The molecule has 1 heterocycles. The summed E-state index contributed by atoms with van der Waals surface area (Å²) in [4.78, 5) is 26.9. The first kappa shape index (κ1) is 11.4. The molecule has 3 nitrogen and oxygen atoms in total. The van der Waals surface area contributed by atoms with Crippen molar-refractivity contribution in [2.24, 2.45) is 0 Å². The van der Waals surface area contributed by atoms with Crippen LogP contribution < -0.4 is 4.90 Å². The molecule has 0 aromatic heterocycles. The molecular formula is C17H13NO2. The van der Waals surface area contributed by atoms with Gasteiger partial charge in [0.1, 0.15) is 5.41 Å². The quantitative estimate of drug-likeness (QED) is 0.732. The summed E-state index contributed by atoms with van der Waals surface area (Å²) < 4.78 is 0. The SMILES string of the molecule is CN1C(=O)[C@]2(CC(=O)c3ccccc32)c2ccccc21. The topological polar surface area (TPSA) is 37.4 Å². The van der Waals surface area contributed by atoms with Crippen LogP contribution in [0, 0.1) is 0 Å². The molecule has 1 aliphatic heterocycles. The first-order valence-corrected chi connectivity index (χ1v) is 6.66. The number of carbonyl (C=O) groups excluding carboxylic acids is 2. The van der Waals surface area contributed by atoms with Crippen molar-refractivity contribution in [2.75, 3.05) is 11.9 Å². The largest absolute Gasteiger partial charge is 0.314 e. The maximum atomic E-state index is 12.9. The molecule has 1 amide bonds. The lowest BCUT2D eigenvalue weighted by molar-refractivity contribution is -0.121. The van der Waals surface area contributed by atoms with E-state index in [2.05, 4.69) is 0 Å². The summed E-state index contributed by atoms with van der Waals surface area (Å²) >= 11 is 0. The minimum Gasteiger partial charge on any atom is -0.314 e. The van der Waals surface area contributed by atoms with Crippen LogP contribution in [-0.2, 0) is 10.2 Å². The van der Waals surface area contributed by atoms with Gasteiger partial charge in [0.25, 0.3) is 0 Å². The summed E-state index contributed by atoms with van der Waals surface area (Å²) in [5, 5.41) is 0. The molecule has 0 saturated carbocycles. The Balaban J connectivity index is 2.09. The van der Waals surface area contributed by atoms with E-state index in [4.69, 9.17) is 0 Å². The first-order valence-electron chi connectivity index (χ1n) is 6.66. The average molecular weight is 263 g/mol. The molecule has 0 saturated heterocycles. The van der Waals surface area contributed by atoms with Gasteiger partial charge in [-0.3, -0.25) is 9.59 Å². The predicted octanol–water partition coefficient (Wildman–Crippen LogP) is 2.54. The van der Waals surface area contributed by atoms with E-state index in [1.165, 1.54) is 0 Å². The van der Waals surface area contributed by atoms with Gasteiger partial charge in [-0.15, -0.1) is 0 Å². The number of anilines is 1. The van der Waals surface area contributed by atoms with E-state index in [1.54, 1.807) is 11.9 Å². The molecule has 0 unspecified atom stereocenters. The summed E-state index contributed by atoms with van der Waals surface area (Å²) in [6.45, 7) is 0. The van der Waals surface area contributed by atoms with E-state index in [0.29, 0.717) is 5.56 Å². The standard InChI is InChI=1S/C17H13NO2/c1-18-14-9-5-4-8-13(14)17(16(18)20)10-15(19)11-6-2-3-7-12(11)17/h2-9H,10H2,1H3/t17-/m0/s1. The molecule has 98 valence electrons. The third kappa shape index (κ3) is 1.11. The Morgan fingerprint density at radius 3 is 2.40 bits per heavy atom. The van der Waals surface area contributed by atoms with Crippen molar-refractivity contribution >= 4 is 17.4 Å². The van der Waals surface area contributed by atoms with Crippen molar-refractivity contribution in [3.63, 3.8) is 0 Å². The number of ketones is 1. The van der Waals surface area contributed by atoms with Crippen LogP contribution in [0.3, 0.4) is 0 Å². The summed E-state index contributed by atoms with van der Waals surface area (Å²) in [5.74, 6) is 0.0519. The van der Waals surface area contributed by atoms with Crippen LogP contribution in [-0.4, -0.2) is 18.7 Å². The number of nitrogens with zero attached hydrogens (tertiary/aromatic N) is 1. The minimum atomic E-state index is -0.807. The smallest absolute Gasteiger partial charge is 0.242 e. The molecule has 2 aliphatic rings. The Bertz CT molecular complexity index is 765. The van der Waals surface area contributed by atoms with Crippen molar-refractivity contribution in [1.82, 2.24) is 0 Å². The number of fused-ring (bicyclic) bond motifs is 4. The lowest BCUT2D eigenvalue weighted by Gasteiger charge is -2.23. The molecule has 1 spiro atoms. The van der Waals surface area contributed by atoms with Crippen molar-refractivity contribution in [3.8, 4) is 0 Å². The highest BCUT2D eigenvalue weighted by molar-refractivity contribution is 6.18. The Hall–Kier alpha value is -2.42. The van der Waals surface area contributed by atoms with Gasteiger partial charge in [-0.05, 0) is 17.2 Å². The van der Waals surface area contributed by atoms with Crippen LogP contribution in [0.25, 0.3) is 0 Å². The van der Waals surface area contributed by atoms with Crippen molar-refractivity contribution < 1.29 is 9.59 Å². The van der Waals surface area contributed by atoms with E-state index in [0.717, 1.165) is 16.8 Å². The molecule has 1 aliphatic carbocycles. The summed E-state index contributed by atoms with van der Waals surface area (Å²) in [7, 11) is 1.78. The van der Waals surface area contributed by atoms with Crippen LogP contribution in [0.2, 0.25) is 0 Å². The van der Waals surface area contributed by atoms with Crippen LogP contribution in [0.1, 0.15) is 27.9 Å². The molecule has 4 rings (SSSR count). The number of carbonyl (C=O) groups is 2. The molecule has 0 bridgehead atoms. The summed E-state index contributed by atoms with van der Waals surface area (Å²) in [5.41, 5.74) is 2.59. The van der Waals surface area contributed by atoms with Gasteiger partial charge in [0.2, 0.25) is 5.91 Å². The highest BCUT2D eigenvalue weighted by atomic mass is 16.2. The van der Waals surface area contributed by atoms with Gasteiger partial charge < -0.3 is 4.90 Å².